The van der Waals surface area contributed by atoms with Crippen LogP contribution >= 0.6 is 11.8 Å². The van der Waals surface area contributed by atoms with Gasteiger partial charge in [0.1, 0.15) is 11.4 Å². The van der Waals surface area contributed by atoms with Gasteiger partial charge in [-0.2, -0.15) is 16.9 Å². The maximum atomic E-state index is 11.9. The molecular formula is C15H19N3O2S. The molecule has 0 saturated heterocycles. The molecule has 1 heterocycles. The number of phenolic OH excluding ortho intramolecular Hbond substituents is 1. The monoisotopic (exact) mass is 305 g/mol. The lowest BCUT2D eigenvalue weighted by Crippen LogP contribution is -2.26. The topological polar surface area (TPSA) is 78.0 Å². The van der Waals surface area contributed by atoms with Crippen molar-refractivity contribution < 1.29 is 9.90 Å². The molecule has 6 heteroatoms. The van der Waals surface area contributed by atoms with E-state index in [1.54, 1.807) is 30.3 Å². The first kappa shape index (κ1) is 15.4. The fourth-order valence-electron chi connectivity index (χ4n) is 1.80. The van der Waals surface area contributed by atoms with Crippen molar-refractivity contribution in [3.63, 3.8) is 0 Å². The Labute approximate surface area is 128 Å². The van der Waals surface area contributed by atoms with Gasteiger partial charge in [0.15, 0.2) is 0 Å². The molecule has 21 heavy (non-hydrogen) atoms. The van der Waals surface area contributed by atoms with Crippen LogP contribution in [-0.2, 0) is 0 Å². The van der Waals surface area contributed by atoms with Crippen molar-refractivity contribution in [3.05, 3.63) is 36.0 Å². The number of aromatic nitrogens is 2. The van der Waals surface area contributed by atoms with Gasteiger partial charge >= 0.3 is 0 Å². The predicted molar refractivity (Wildman–Crippen MR) is 85.6 cm³/mol. The van der Waals surface area contributed by atoms with E-state index < -0.39 is 0 Å². The molecule has 0 aliphatic heterocycles. The molecule has 0 bridgehead atoms. The quantitative estimate of drug-likeness (QED) is 0.687. The lowest BCUT2D eigenvalue weighted by molar-refractivity contribution is 0.0951. The molecule has 0 aliphatic rings. The zero-order valence-corrected chi connectivity index (χ0v) is 12.7. The van der Waals surface area contributed by atoms with E-state index in [1.807, 2.05) is 11.8 Å². The Bertz CT molecular complexity index is 581. The number of aromatic hydroxyl groups is 1. The van der Waals surface area contributed by atoms with Crippen molar-refractivity contribution in [2.24, 2.45) is 0 Å². The van der Waals surface area contributed by atoms with Crippen molar-refractivity contribution in [2.45, 2.75) is 13.3 Å². The van der Waals surface area contributed by atoms with E-state index in [9.17, 15) is 9.90 Å². The van der Waals surface area contributed by atoms with Crippen LogP contribution in [0.3, 0.4) is 0 Å². The zero-order chi connectivity index (χ0) is 15.1. The SMILES string of the molecule is CCCSCCNC(=O)c1cc(-c2ccc(O)cc2)n[nH]1. The highest BCUT2D eigenvalue weighted by Gasteiger charge is 2.10. The van der Waals surface area contributed by atoms with E-state index in [0.29, 0.717) is 17.9 Å². The van der Waals surface area contributed by atoms with Crippen LogP contribution in [0.15, 0.2) is 30.3 Å². The maximum absolute atomic E-state index is 11.9. The number of rotatable bonds is 7. The normalized spacial score (nSPS) is 10.5. The van der Waals surface area contributed by atoms with E-state index in [2.05, 4.69) is 22.4 Å². The second-order valence-electron chi connectivity index (χ2n) is 4.58. The Morgan fingerprint density at radius 3 is 2.81 bits per heavy atom. The highest BCUT2D eigenvalue weighted by atomic mass is 32.2. The van der Waals surface area contributed by atoms with Crippen LogP contribution in [0.2, 0.25) is 0 Å². The van der Waals surface area contributed by atoms with Crippen LogP contribution in [0.4, 0.5) is 0 Å². The van der Waals surface area contributed by atoms with Crippen molar-refractivity contribution in [2.75, 3.05) is 18.1 Å². The molecule has 1 amide bonds. The van der Waals surface area contributed by atoms with Gasteiger partial charge in [-0.3, -0.25) is 9.89 Å². The molecular weight excluding hydrogens is 286 g/mol. The van der Waals surface area contributed by atoms with Gasteiger partial charge in [-0.05, 0) is 42.5 Å². The third kappa shape index (κ3) is 4.53. The summed E-state index contributed by atoms with van der Waals surface area (Å²) in [6, 6.07) is 8.41. The van der Waals surface area contributed by atoms with E-state index in [1.165, 1.54) is 0 Å². The predicted octanol–water partition coefficient (Wildman–Crippen LogP) is 2.66. The average Bonchev–Trinajstić information content (AvgIpc) is 2.97. The van der Waals surface area contributed by atoms with Crippen molar-refractivity contribution in [3.8, 4) is 17.0 Å². The summed E-state index contributed by atoms with van der Waals surface area (Å²) in [5.41, 5.74) is 1.97. The number of nitrogens with zero attached hydrogens (tertiary/aromatic N) is 1. The molecule has 0 aliphatic carbocycles. The number of thioether (sulfide) groups is 1. The number of phenols is 1. The molecule has 0 spiro atoms. The number of aromatic amines is 1. The second-order valence-corrected chi connectivity index (χ2v) is 5.81. The molecule has 112 valence electrons. The van der Waals surface area contributed by atoms with E-state index in [0.717, 1.165) is 23.5 Å². The number of benzene rings is 1. The number of carbonyl (C=O) groups is 1. The van der Waals surface area contributed by atoms with Gasteiger partial charge in [-0.1, -0.05) is 6.92 Å². The first-order chi connectivity index (χ1) is 10.2. The molecule has 0 atom stereocenters. The Balaban J connectivity index is 1.90. The van der Waals surface area contributed by atoms with Crippen molar-refractivity contribution >= 4 is 17.7 Å². The van der Waals surface area contributed by atoms with Crippen LogP contribution in [0.1, 0.15) is 23.8 Å². The summed E-state index contributed by atoms with van der Waals surface area (Å²) < 4.78 is 0. The molecule has 0 unspecified atom stereocenters. The van der Waals surface area contributed by atoms with Gasteiger partial charge < -0.3 is 10.4 Å². The fourth-order valence-corrected chi connectivity index (χ4v) is 2.54. The Morgan fingerprint density at radius 1 is 1.33 bits per heavy atom. The Kier molecular flexibility index (Phi) is 5.68. The number of hydrogen-bond donors (Lipinski definition) is 3. The molecule has 3 N–H and O–H groups in total. The van der Waals surface area contributed by atoms with Crippen LogP contribution < -0.4 is 5.32 Å². The van der Waals surface area contributed by atoms with E-state index >= 15 is 0 Å². The largest absolute Gasteiger partial charge is 0.508 e. The molecule has 1 aromatic carbocycles. The average molecular weight is 305 g/mol. The van der Waals surface area contributed by atoms with Gasteiger partial charge in [0, 0.05) is 17.9 Å². The Hall–Kier alpha value is -1.95. The third-order valence-electron chi connectivity index (χ3n) is 2.87. The minimum atomic E-state index is -0.148. The van der Waals surface area contributed by atoms with Crippen LogP contribution in [0.25, 0.3) is 11.3 Å². The van der Waals surface area contributed by atoms with Gasteiger partial charge in [-0.15, -0.1) is 0 Å². The summed E-state index contributed by atoms with van der Waals surface area (Å²) in [6.45, 7) is 2.79. The van der Waals surface area contributed by atoms with Gasteiger partial charge in [0.25, 0.3) is 5.91 Å². The summed E-state index contributed by atoms with van der Waals surface area (Å²) in [7, 11) is 0. The summed E-state index contributed by atoms with van der Waals surface area (Å²) in [4.78, 5) is 11.9. The molecule has 0 saturated carbocycles. The second kappa shape index (κ2) is 7.73. The maximum Gasteiger partial charge on any atom is 0.269 e. The van der Waals surface area contributed by atoms with Crippen LogP contribution in [-0.4, -0.2) is 39.3 Å². The summed E-state index contributed by atoms with van der Waals surface area (Å²) in [5, 5.41) is 19.0. The number of amides is 1. The van der Waals surface area contributed by atoms with Crippen LogP contribution in [0.5, 0.6) is 5.75 Å². The van der Waals surface area contributed by atoms with Gasteiger partial charge in [-0.25, -0.2) is 0 Å². The molecule has 5 nitrogen and oxygen atoms in total. The van der Waals surface area contributed by atoms with Gasteiger partial charge in [0.05, 0.1) is 5.69 Å². The number of carbonyl (C=O) groups excluding carboxylic acids is 1. The van der Waals surface area contributed by atoms with E-state index in [4.69, 9.17) is 0 Å². The van der Waals surface area contributed by atoms with Crippen molar-refractivity contribution in [1.29, 1.82) is 0 Å². The third-order valence-corrected chi connectivity index (χ3v) is 4.06. The summed E-state index contributed by atoms with van der Waals surface area (Å²) >= 11 is 1.83. The molecule has 2 rings (SSSR count). The lowest BCUT2D eigenvalue weighted by Gasteiger charge is -2.02. The lowest BCUT2D eigenvalue weighted by atomic mass is 10.1. The number of H-pyrrole nitrogens is 1. The summed E-state index contributed by atoms with van der Waals surface area (Å²) in [5.74, 6) is 2.09. The van der Waals surface area contributed by atoms with Crippen molar-refractivity contribution in [1.82, 2.24) is 15.5 Å². The highest BCUT2D eigenvalue weighted by molar-refractivity contribution is 7.99. The number of nitrogens with one attached hydrogen (secondary N) is 2. The number of hydrogen-bond acceptors (Lipinski definition) is 4. The zero-order valence-electron chi connectivity index (χ0n) is 11.9. The molecule has 2 aromatic rings. The van der Waals surface area contributed by atoms with Crippen LogP contribution in [0, 0.1) is 0 Å². The first-order valence-electron chi connectivity index (χ1n) is 6.91. The van der Waals surface area contributed by atoms with E-state index in [-0.39, 0.29) is 11.7 Å². The fraction of sp³-hybridized carbons (Fsp3) is 0.333. The first-order valence-corrected chi connectivity index (χ1v) is 8.07. The molecule has 0 radical (unpaired) electrons. The molecule has 1 aromatic heterocycles. The minimum Gasteiger partial charge on any atom is -0.508 e. The standard InChI is InChI=1S/C15H19N3O2S/c1-2-8-21-9-7-16-15(20)14-10-13(17-18-14)11-3-5-12(19)6-4-11/h3-6,10,19H,2,7-9H2,1H3,(H,16,20)(H,17,18). The summed E-state index contributed by atoms with van der Waals surface area (Å²) in [6.07, 6.45) is 1.15. The Morgan fingerprint density at radius 2 is 2.10 bits per heavy atom. The molecule has 0 fully saturated rings. The minimum absolute atomic E-state index is 0.148. The smallest absolute Gasteiger partial charge is 0.269 e. The van der Waals surface area contributed by atoms with Gasteiger partial charge in [0.2, 0.25) is 0 Å². The highest BCUT2D eigenvalue weighted by Crippen LogP contribution is 2.20.